The summed E-state index contributed by atoms with van der Waals surface area (Å²) in [6.07, 6.45) is 0. The van der Waals surface area contributed by atoms with Gasteiger partial charge in [0.1, 0.15) is 5.82 Å². The molecule has 0 aliphatic heterocycles. The third-order valence-corrected chi connectivity index (χ3v) is 3.27. The minimum atomic E-state index is -0.239. The molecule has 0 fully saturated rings. The molecule has 3 N–H and O–H groups in total. The van der Waals surface area contributed by atoms with Crippen LogP contribution in [-0.4, -0.2) is 20.5 Å². The summed E-state index contributed by atoms with van der Waals surface area (Å²) < 4.78 is 4.79. The summed E-state index contributed by atoms with van der Waals surface area (Å²) in [5.74, 6) is 5.51. The lowest BCUT2D eigenvalue weighted by Crippen LogP contribution is -2.36. The first-order valence-electron chi connectivity index (χ1n) is 3.61. The lowest BCUT2D eigenvalue weighted by Gasteiger charge is -2.05. The van der Waals surface area contributed by atoms with E-state index in [1.54, 1.807) is 6.92 Å². The normalized spacial score (nSPS) is 12.5. The highest BCUT2D eigenvalue weighted by molar-refractivity contribution is 8.02. The van der Waals surface area contributed by atoms with Crippen LogP contribution in [0.15, 0.2) is 4.34 Å². The van der Waals surface area contributed by atoms with Crippen molar-refractivity contribution in [3.8, 4) is 0 Å². The first-order valence-corrected chi connectivity index (χ1v) is 5.26. The molecular formula is C6H10N4OS2. The van der Waals surface area contributed by atoms with Crippen molar-refractivity contribution in [3.05, 3.63) is 5.82 Å². The molecule has 0 radical (unpaired) electrons. The first-order chi connectivity index (χ1) is 6.13. The lowest BCUT2D eigenvalue weighted by molar-refractivity contribution is -0.120. The number of aryl methyl sites for hydroxylation is 1. The molecule has 1 unspecified atom stereocenters. The van der Waals surface area contributed by atoms with Gasteiger partial charge in [-0.3, -0.25) is 10.2 Å². The fraction of sp³-hybridized carbons (Fsp3) is 0.500. The number of carbonyl (C=O) groups excluding carboxylic acids is 1. The van der Waals surface area contributed by atoms with Crippen molar-refractivity contribution >= 4 is 29.2 Å². The van der Waals surface area contributed by atoms with Crippen molar-refractivity contribution in [1.29, 1.82) is 0 Å². The maximum atomic E-state index is 11.0. The molecular weight excluding hydrogens is 208 g/mol. The first kappa shape index (κ1) is 10.4. The number of aromatic nitrogens is 2. The zero-order valence-electron chi connectivity index (χ0n) is 7.27. The lowest BCUT2D eigenvalue weighted by atomic mass is 10.5. The van der Waals surface area contributed by atoms with E-state index in [2.05, 4.69) is 14.8 Å². The number of nitrogens with one attached hydrogen (secondary N) is 1. The summed E-state index contributed by atoms with van der Waals surface area (Å²) in [4.78, 5) is 15.1. The SMILES string of the molecule is Cc1nsc(SC(C)C(=O)NN)n1. The highest BCUT2D eigenvalue weighted by atomic mass is 32.2. The fourth-order valence-electron chi connectivity index (χ4n) is 0.648. The van der Waals surface area contributed by atoms with E-state index in [4.69, 9.17) is 5.84 Å². The summed E-state index contributed by atoms with van der Waals surface area (Å²) in [5, 5.41) is -0.239. The standard InChI is InChI=1S/C6H10N4OS2/c1-3(5(11)9-7)12-6-8-4(2)10-13-6/h3H,7H2,1-2H3,(H,9,11). The van der Waals surface area contributed by atoms with Crippen LogP contribution >= 0.6 is 23.3 Å². The largest absolute Gasteiger partial charge is 0.293 e. The molecule has 0 bridgehead atoms. The van der Waals surface area contributed by atoms with Crippen LogP contribution < -0.4 is 11.3 Å². The number of amides is 1. The molecule has 5 nitrogen and oxygen atoms in total. The van der Waals surface area contributed by atoms with Gasteiger partial charge in [0, 0.05) is 0 Å². The minimum absolute atomic E-state index is 0.210. The number of hydrogen-bond donors (Lipinski definition) is 2. The van der Waals surface area contributed by atoms with Gasteiger partial charge in [-0.1, -0.05) is 11.8 Å². The van der Waals surface area contributed by atoms with E-state index in [0.29, 0.717) is 0 Å². The highest BCUT2D eigenvalue weighted by Crippen LogP contribution is 2.24. The Morgan fingerprint density at radius 1 is 1.77 bits per heavy atom. The van der Waals surface area contributed by atoms with E-state index < -0.39 is 0 Å². The molecule has 1 aromatic heterocycles. The Kier molecular flexibility index (Phi) is 3.64. The molecule has 1 rings (SSSR count). The number of nitrogens with two attached hydrogens (primary N) is 1. The smallest absolute Gasteiger partial charge is 0.247 e. The zero-order valence-corrected chi connectivity index (χ0v) is 8.91. The van der Waals surface area contributed by atoms with Gasteiger partial charge in [-0.2, -0.15) is 4.37 Å². The van der Waals surface area contributed by atoms with Crippen LogP contribution in [0.4, 0.5) is 0 Å². The molecule has 0 aliphatic rings. The predicted molar refractivity (Wildman–Crippen MR) is 52.3 cm³/mol. The van der Waals surface area contributed by atoms with Crippen LogP contribution in [0, 0.1) is 6.92 Å². The average Bonchev–Trinajstić information content (AvgIpc) is 2.49. The topological polar surface area (TPSA) is 80.9 Å². The maximum absolute atomic E-state index is 11.0. The minimum Gasteiger partial charge on any atom is -0.293 e. The van der Waals surface area contributed by atoms with E-state index in [0.717, 1.165) is 10.2 Å². The summed E-state index contributed by atoms with van der Waals surface area (Å²) in [6.45, 7) is 3.58. The molecule has 1 aromatic rings. The number of carbonyl (C=O) groups is 1. The number of hydrogen-bond acceptors (Lipinski definition) is 6. The second kappa shape index (κ2) is 4.54. The number of hydrazine groups is 1. The van der Waals surface area contributed by atoms with E-state index >= 15 is 0 Å². The van der Waals surface area contributed by atoms with E-state index in [-0.39, 0.29) is 11.2 Å². The average molecular weight is 218 g/mol. The Bertz CT molecular complexity index is 301. The van der Waals surface area contributed by atoms with E-state index in [1.165, 1.54) is 23.3 Å². The van der Waals surface area contributed by atoms with E-state index in [1.807, 2.05) is 6.92 Å². The van der Waals surface area contributed by atoms with Gasteiger partial charge < -0.3 is 0 Å². The molecule has 7 heteroatoms. The molecule has 13 heavy (non-hydrogen) atoms. The van der Waals surface area contributed by atoms with Crippen LogP contribution in [0.2, 0.25) is 0 Å². The van der Waals surface area contributed by atoms with Crippen LogP contribution in [0.1, 0.15) is 12.7 Å². The fourth-order valence-corrected chi connectivity index (χ4v) is 2.45. The quantitative estimate of drug-likeness (QED) is 0.330. The molecule has 0 aromatic carbocycles. The van der Waals surface area contributed by atoms with Crippen molar-refractivity contribution in [2.75, 3.05) is 0 Å². The predicted octanol–water partition coefficient (Wildman–Crippen LogP) is 0.317. The molecule has 0 aliphatic carbocycles. The second-order valence-corrected chi connectivity index (χ2v) is 4.72. The monoisotopic (exact) mass is 218 g/mol. The van der Waals surface area contributed by atoms with Crippen molar-refractivity contribution in [2.45, 2.75) is 23.4 Å². The van der Waals surface area contributed by atoms with Gasteiger partial charge in [0.05, 0.1) is 5.25 Å². The van der Waals surface area contributed by atoms with Crippen molar-refractivity contribution in [2.24, 2.45) is 5.84 Å². The molecule has 1 amide bonds. The number of rotatable bonds is 3. The summed E-state index contributed by atoms with van der Waals surface area (Å²) in [6, 6.07) is 0. The van der Waals surface area contributed by atoms with Gasteiger partial charge in [-0.05, 0) is 25.4 Å². The third-order valence-electron chi connectivity index (χ3n) is 1.30. The Morgan fingerprint density at radius 3 is 2.92 bits per heavy atom. The molecule has 0 spiro atoms. The van der Waals surface area contributed by atoms with Crippen molar-refractivity contribution < 1.29 is 4.79 Å². The van der Waals surface area contributed by atoms with Crippen LogP contribution in [0.25, 0.3) is 0 Å². The summed E-state index contributed by atoms with van der Waals surface area (Å²) >= 11 is 2.64. The van der Waals surface area contributed by atoms with Crippen LogP contribution in [-0.2, 0) is 4.79 Å². The van der Waals surface area contributed by atoms with Gasteiger partial charge in [-0.15, -0.1) is 0 Å². The highest BCUT2D eigenvalue weighted by Gasteiger charge is 2.14. The van der Waals surface area contributed by atoms with Crippen LogP contribution in [0.3, 0.4) is 0 Å². The van der Waals surface area contributed by atoms with E-state index in [9.17, 15) is 4.79 Å². The van der Waals surface area contributed by atoms with Gasteiger partial charge in [-0.25, -0.2) is 10.8 Å². The molecule has 1 heterocycles. The Hall–Kier alpha value is -0.660. The van der Waals surface area contributed by atoms with Crippen molar-refractivity contribution in [3.63, 3.8) is 0 Å². The zero-order chi connectivity index (χ0) is 9.84. The van der Waals surface area contributed by atoms with Gasteiger partial charge in [0.15, 0.2) is 4.34 Å². The van der Waals surface area contributed by atoms with Gasteiger partial charge in [0.25, 0.3) is 0 Å². The van der Waals surface area contributed by atoms with Crippen LogP contribution in [0.5, 0.6) is 0 Å². The summed E-state index contributed by atoms with van der Waals surface area (Å²) in [7, 11) is 0. The number of thioether (sulfide) groups is 1. The Balaban J connectivity index is 2.54. The molecule has 72 valence electrons. The molecule has 0 saturated heterocycles. The van der Waals surface area contributed by atoms with Crippen molar-refractivity contribution in [1.82, 2.24) is 14.8 Å². The Morgan fingerprint density at radius 2 is 2.46 bits per heavy atom. The molecule has 0 saturated carbocycles. The third kappa shape index (κ3) is 2.94. The second-order valence-electron chi connectivity index (χ2n) is 2.38. The van der Waals surface area contributed by atoms with Gasteiger partial charge in [0.2, 0.25) is 5.91 Å². The molecule has 1 atom stereocenters. The van der Waals surface area contributed by atoms with Gasteiger partial charge >= 0.3 is 0 Å². The Labute approximate surface area is 84.3 Å². The summed E-state index contributed by atoms with van der Waals surface area (Å²) in [5.41, 5.74) is 2.09. The maximum Gasteiger partial charge on any atom is 0.247 e. The number of nitrogens with zero attached hydrogens (tertiary/aromatic N) is 2.